The highest BCUT2D eigenvalue weighted by atomic mass is 35.5. The zero-order chi connectivity index (χ0) is 12.2. The topological polar surface area (TPSA) is 12.0 Å². The van der Waals surface area contributed by atoms with E-state index in [2.05, 4.69) is 26.1 Å². The molecule has 0 radical (unpaired) electrons. The second-order valence-electron chi connectivity index (χ2n) is 5.03. The van der Waals surface area contributed by atoms with Gasteiger partial charge in [0, 0.05) is 5.54 Å². The number of halogens is 2. The van der Waals surface area contributed by atoms with Crippen molar-refractivity contribution in [1.82, 2.24) is 5.32 Å². The molecule has 0 fully saturated rings. The van der Waals surface area contributed by atoms with Crippen LogP contribution in [0.3, 0.4) is 0 Å². The largest absolute Gasteiger partial charge is 0.312 e. The van der Waals surface area contributed by atoms with Crippen molar-refractivity contribution in [2.75, 3.05) is 6.54 Å². The van der Waals surface area contributed by atoms with E-state index in [0.29, 0.717) is 10.0 Å². The van der Waals surface area contributed by atoms with Gasteiger partial charge in [-0.05, 0) is 57.9 Å². The number of hydrogen-bond acceptors (Lipinski definition) is 1. The average molecular weight is 260 g/mol. The first-order valence-corrected chi connectivity index (χ1v) is 6.33. The summed E-state index contributed by atoms with van der Waals surface area (Å²) >= 11 is 11.8. The van der Waals surface area contributed by atoms with Crippen LogP contribution in [0.5, 0.6) is 0 Å². The second kappa shape index (κ2) is 5.90. The molecule has 1 aromatic rings. The first kappa shape index (κ1) is 13.8. The fourth-order valence-electron chi connectivity index (χ4n) is 1.45. The lowest BCUT2D eigenvalue weighted by atomic mass is 10.1. The molecular weight excluding hydrogens is 241 g/mol. The van der Waals surface area contributed by atoms with Crippen LogP contribution in [0.4, 0.5) is 0 Å². The highest BCUT2D eigenvalue weighted by molar-refractivity contribution is 6.42. The number of hydrogen-bond donors (Lipinski definition) is 1. The molecule has 16 heavy (non-hydrogen) atoms. The Morgan fingerprint density at radius 1 is 1.12 bits per heavy atom. The van der Waals surface area contributed by atoms with E-state index in [4.69, 9.17) is 23.2 Å². The number of rotatable bonds is 4. The van der Waals surface area contributed by atoms with Crippen molar-refractivity contribution in [3.8, 4) is 0 Å². The molecule has 0 saturated heterocycles. The van der Waals surface area contributed by atoms with Crippen molar-refractivity contribution < 1.29 is 0 Å². The van der Waals surface area contributed by atoms with Gasteiger partial charge >= 0.3 is 0 Å². The minimum absolute atomic E-state index is 0.192. The first-order chi connectivity index (χ1) is 7.38. The third-order valence-corrected chi connectivity index (χ3v) is 3.02. The molecule has 0 bridgehead atoms. The van der Waals surface area contributed by atoms with Gasteiger partial charge in [0.25, 0.3) is 0 Å². The minimum Gasteiger partial charge on any atom is -0.312 e. The zero-order valence-corrected chi connectivity index (χ0v) is 11.6. The molecule has 0 aliphatic heterocycles. The number of aryl methyl sites for hydroxylation is 1. The Kier molecular flexibility index (Phi) is 5.10. The van der Waals surface area contributed by atoms with E-state index in [1.165, 1.54) is 5.56 Å². The lowest BCUT2D eigenvalue weighted by Gasteiger charge is -2.20. The van der Waals surface area contributed by atoms with Crippen LogP contribution in [0.1, 0.15) is 32.8 Å². The van der Waals surface area contributed by atoms with E-state index in [0.717, 1.165) is 19.4 Å². The predicted octanol–water partition coefficient (Wildman–Crippen LogP) is 4.31. The van der Waals surface area contributed by atoms with Crippen LogP contribution in [0.2, 0.25) is 10.0 Å². The molecule has 1 rings (SSSR count). The van der Waals surface area contributed by atoms with Gasteiger partial charge in [-0.2, -0.15) is 0 Å². The van der Waals surface area contributed by atoms with Gasteiger partial charge in [-0.25, -0.2) is 0 Å². The van der Waals surface area contributed by atoms with Gasteiger partial charge in [0.2, 0.25) is 0 Å². The predicted molar refractivity (Wildman–Crippen MR) is 72.5 cm³/mol. The molecular formula is C13H19Cl2N. The van der Waals surface area contributed by atoms with Gasteiger partial charge in [0.15, 0.2) is 0 Å². The fraction of sp³-hybridized carbons (Fsp3) is 0.538. The summed E-state index contributed by atoms with van der Waals surface area (Å²) in [6.45, 7) is 7.54. The molecule has 0 heterocycles. The van der Waals surface area contributed by atoms with Crippen molar-refractivity contribution in [2.45, 2.75) is 39.2 Å². The van der Waals surface area contributed by atoms with Gasteiger partial charge < -0.3 is 5.32 Å². The summed E-state index contributed by atoms with van der Waals surface area (Å²) < 4.78 is 0. The summed E-state index contributed by atoms with van der Waals surface area (Å²) in [6.07, 6.45) is 2.13. The third-order valence-electron chi connectivity index (χ3n) is 2.28. The Labute approximate surface area is 108 Å². The summed E-state index contributed by atoms with van der Waals surface area (Å²) in [5, 5.41) is 4.72. The molecule has 0 aliphatic carbocycles. The second-order valence-corrected chi connectivity index (χ2v) is 5.84. The van der Waals surface area contributed by atoms with Gasteiger partial charge in [-0.1, -0.05) is 29.3 Å². The van der Waals surface area contributed by atoms with E-state index in [9.17, 15) is 0 Å². The molecule has 0 atom stereocenters. The molecule has 3 heteroatoms. The Morgan fingerprint density at radius 2 is 1.81 bits per heavy atom. The third kappa shape index (κ3) is 5.20. The van der Waals surface area contributed by atoms with Crippen molar-refractivity contribution in [3.05, 3.63) is 33.8 Å². The van der Waals surface area contributed by atoms with Crippen LogP contribution < -0.4 is 5.32 Å². The molecule has 0 amide bonds. The van der Waals surface area contributed by atoms with Crippen molar-refractivity contribution in [1.29, 1.82) is 0 Å². The molecule has 1 aromatic carbocycles. The van der Waals surface area contributed by atoms with Crippen LogP contribution in [-0.4, -0.2) is 12.1 Å². The van der Waals surface area contributed by atoms with E-state index in [1.54, 1.807) is 0 Å². The Bertz CT molecular complexity index is 342. The standard InChI is InChI=1S/C13H19Cl2N/c1-13(2,3)16-8-4-5-10-6-7-11(14)12(15)9-10/h6-7,9,16H,4-5,8H2,1-3H3. The molecule has 1 nitrogen and oxygen atoms in total. The molecule has 0 saturated carbocycles. The maximum absolute atomic E-state index is 5.95. The maximum Gasteiger partial charge on any atom is 0.0595 e. The Hall–Kier alpha value is -0.240. The van der Waals surface area contributed by atoms with E-state index in [-0.39, 0.29) is 5.54 Å². The molecule has 0 aliphatic rings. The SMILES string of the molecule is CC(C)(C)NCCCc1ccc(Cl)c(Cl)c1. The lowest BCUT2D eigenvalue weighted by molar-refractivity contribution is 0.422. The molecule has 0 unspecified atom stereocenters. The molecule has 1 N–H and O–H groups in total. The van der Waals surface area contributed by atoms with Crippen molar-refractivity contribution >= 4 is 23.2 Å². The van der Waals surface area contributed by atoms with Crippen LogP contribution in [0, 0.1) is 0 Å². The molecule has 0 spiro atoms. The van der Waals surface area contributed by atoms with E-state index < -0.39 is 0 Å². The summed E-state index contributed by atoms with van der Waals surface area (Å²) in [5.74, 6) is 0. The van der Waals surface area contributed by atoms with Gasteiger partial charge in [0.1, 0.15) is 0 Å². The quantitative estimate of drug-likeness (QED) is 0.795. The van der Waals surface area contributed by atoms with Crippen molar-refractivity contribution in [2.24, 2.45) is 0 Å². The maximum atomic E-state index is 5.95. The minimum atomic E-state index is 0.192. The summed E-state index contributed by atoms with van der Waals surface area (Å²) in [7, 11) is 0. The lowest BCUT2D eigenvalue weighted by Crippen LogP contribution is -2.36. The monoisotopic (exact) mass is 259 g/mol. The number of nitrogens with one attached hydrogen (secondary N) is 1. The van der Waals surface area contributed by atoms with Gasteiger partial charge in [-0.3, -0.25) is 0 Å². The van der Waals surface area contributed by atoms with Gasteiger partial charge in [-0.15, -0.1) is 0 Å². The highest BCUT2D eigenvalue weighted by Gasteiger charge is 2.07. The first-order valence-electron chi connectivity index (χ1n) is 5.57. The molecule has 0 aromatic heterocycles. The fourth-order valence-corrected chi connectivity index (χ4v) is 1.77. The average Bonchev–Trinajstić information content (AvgIpc) is 2.17. The van der Waals surface area contributed by atoms with Crippen LogP contribution in [-0.2, 0) is 6.42 Å². The summed E-state index contributed by atoms with van der Waals surface area (Å²) in [4.78, 5) is 0. The van der Waals surface area contributed by atoms with Crippen molar-refractivity contribution in [3.63, 3.8) is 0 Å². The highest BCUT2D eigenvalue weighted by Crippen LogP contribution is 2.23. The van der Waals surface area contributed by atoms with E-state index >= 15 is 0 Å². The molecule has 90 valence electrons. The van der Waals surface area contributed by atoms with Gasteiger partial charge in [0.05, 0.1) is 10.0 Å². The normalized spacial score (nSPS) is 11.8. The Morgan fingerprint density at radius 3 is 2.38 bits per heavy atom. The Balaban J connectivity index is 2.35. The van der Waals surface area contributed by atoms with E-state index in [1.807, 2.05) is 18.2 Å². The number of benzene rings is 1. The zero-order valence-electron chi connectivity index (χ0n) is 10.1. The van der Waals surface area contributed by atoms with Crippen LogP contribution in [0.15, 0.2) is 18.2 Å². The van der Waals surface area contributed by atoms with Crippen LogP contribution >= 0.6 is 23.2 Å². The summed E-state index contributed by atoms with van der Waals surface area (Å²) in [5.41, 5.74) is 1.43. The summed E-state index contributed by atoms with van der Waals surface area (Å²) in [6, 6.07) is 5.84. The smallest absolute Gasteiger partial charge is 0.0595 e. The van der Waals surface area contributed by atoms with Crippen LogP contribution in [0.25, 0.3) is 0 Å².